The fraction of sp³-hybridized carbons (Fsp3) is 0.167. The van der Waals surface area contributed by atoms with Crippen molar-refractivity contribution in [3.05, 3.63) is 47.9 Å². The zero-order chi connectivity index (χ0) is 9.97. The van der Waals surface area contributed by atoms with Gasteiger partial charge in [-0.25, -0.2) is 0 Å². The summed E-state index contributed by atoms with van der Waals surface area (Å²) in [5.74, 6) is 0. The molecule has 0 aliphatic carbocycles. The van der Waals surface area contributed by atoms with Crippen molar-refractivity contribution < 1.29 is 0 Å². The standard InChI is InChI=1S/C12H12N2/c1-9-4-3-5-11(6-9)12-8-13-10(2)7-14-12/h3-8H,1-2H3. The Bertz CT molecular complexity index is 432. The first-order valence-corrected chi connectivity index (χ1v) is 4.61. The van der Waals surface area contributed by atoms with Gasteiger partial charge in [0.05, 0.1) is 17.6 Å². The predicted molar refractivity (Wildman–Crippen MR) is 56.9 cm³/mol. The molecule has 0 bridgehead atoms. The van der Waals surface area contributed by atoms with Crippen molar-refractivity contribution in [3.63, 3.8) is 0 Å². The first kappa shape index (κ1) is 8.88. The predicted octanol–water partition coefficient (Wildman–Crippen LogP) is 2.76. The van der Waals surface area contributed by atoms with E-state index in [-0.39, 0.29) is 0 Å². The highest BCUT2D eigenvalue weighted by atomic mass is 14.8. The third-order valence-electron chi connectivity index (χ3n) is 2.09. The summed E-state index contributed by atoms with van der Waals surface area (Å²) in [6.45, 7) is 4.01. The van der Waals surface area contributed by atoms with Crippen molar-refractivity contribution in [2.24, 2.45) is 0 Å². The Kier molecular flexibility index (Phi) is 2.27. The van der Waals surface area contributed by atoms with Crippen molar-refractivity contribution in [3.8, 4) is 11.3 Å². The lowest BCUT2D eigenvalue weighted by Gasteiger charge is -2.01. The molecule has 0 saturated carbocycles. The fourth-order valence-electron chi connectivity index (χ4n) is 1.35. The number of benzene rings is 1. The SMILES string of the molecule is Cc1cccc(-c2cnc(C)cn2)c1. The van der Waals surface area contributed by atoms with Gasteiger partial charge in [-0.15, -0.1) is 0 Å². The molecule has 2 nitrogen and oxygen atoms in total. The van der Waals surface area contributed by atoms with Crippen LogP contribution in [0.25, 0.3) is 11.3 Å². The molecular weight excluding hydrogens is 172 g/mol. The normalized spacial score (nSPS) is 10.1. The van der Waals surface area contributed by atoms with Gasteiger partial charge in [0.2, 0.25) is 0 Å². The Balaban J connectivity index is 2.44. The molecule has 70 valence electrons. The van der Waals surface area contributed by atoms with Crippen LogP contribution in [0, 0.1) is 13.8 Å². The minimum absolute atomic E-state index is 0.930. The molecule has 0 spiro atoms. The molecule has 0 aliphatic rings. The van der Waals surface area contributed by atoms with Crippen LogP contribution in [0.5, 0.6) is 0 Å². The van der Waals surface area contributed by atoms with Gasteiger partial charge < -0.3 is 0 Å². The van der Waals surface area contributed by atoms with E-state index in [4.69, 9.17) is 0 Å². The van der Waals surface area contributed by atoms with E-state index in [0.29, 0.717) is 0 Å². The van der Waals surface area contributed by atoms with Gasteiger partial charge in [-0.2, -0.15) is 0 Å². The number of rotatable bonds is 1. The van der Waals surface area contributed by atoms with Gasteiger partial charge >= 0.3 is 0 Å². The average molecular weight is 184 g/mol. The van der Waals surface area contributed by atoms with Crippen LogP contribution in [-0.2, 0) is 0 Å². The van der Waals surface area contributed by atoms with E-state index in [0.717, 1.165) is 17.0 Å². The third kappa shape index (κ3) is 1.79. The molecule has 0 unspecified atom stereocenters. The Morgan fingerprint density at radius 1 is 1.00 bits per heavy atom. The lowest BCUT2D eigenvalue weighted by atomic mass is 10.1. The van der Waals surface area contributed by atoms with Crippen molar-refractivity contribution in [1.29, 1.82) is 0 Å². The molecule has 0 fully saturated rings. The Labute approximate surface area is 83.7 Å². The zero-order valence-corrected chi connectivity index (χ0v) is 8.36. The quantitative estimate of drug-likeness (QED) is 0.681. The highest BCUT2D eigenvalue weighted by Crippen LogP contribution is 2.16. The zero-order valence-electron chi connectivity index (χ0n) is 8.36. The van der Waals surface area contributed by atoms with Crippen LogP contribution >= 0.6 is 0 Å². The minimum Gasteiger partial charge on any atom is -0.258 e. The molecule has 2 rings (SSSR count). The van der Waals surface area contributed by atoms with Gasteiger partial charge in [0, 0.05) is 11.8 Å². The van der Waals surface area contributed by atoms with Crippen LogP contribution in [0.15, 0.2) is 36.7 Å². The molecule has 1 aromatic heterocycles. The molecule has 0 radical (unpaired) electrons. The summed E-state index contributed by atoms with van der Waals surface area (Å²) >= 11 is 0. The van der Waals surface area contributed by atoms with Gasteiger partial charge in [-0.1, -0.05) is 23.8 Å². The van der Waals surface area contributed by atoms with Crippen LogP contribution in [0.2, 0.25) is 0 Å². The van der Waals surface area contributed by atoms with Crippen LogP contribution in [0.1, 0.15) is 11.3 Å². The monoisotopic (exact) mass is 184 g/mol. The molecule has 14 heavy (non-hydrogen) atoms. The van der Waals surface area contributed by atoms with Gasteiger partial charge in [-0.05, 0) is 19.9 Å². The number of aromatic nitrogens is 2. The van der Waals surface area contributed by atoms with Crippen molar-refractivity contribution in [1.82, 2.24) is 9.97 Å². The lowest BCUT2D eigenvalue weighted by molar-refractivity contribution is 1.12. The highest BCUT2D eigenvalue weighted by molar-refractivity contribution is 5.58. The Morgan fingerprint density at radius 3 is 2.50 bits per heavy atom. The fourth-order valence-corrected chi connectivity index (χ4v) is 1.35. The van der Waals surface area contributed by atoms with Crippen molar-refractivity contribution in [2.75, 3.05) is 0 Å². The summed E-state index contributed by atoms with van der Waals surface area (Å²) in [6, 6.07) is 8.27. The minimum atomic E-state index is 0.930. The van der Waals surface area contributed by atoms with Crippen LogP contribution < -0.4 is 0 Å². The second-order valence-corrected chi connectivity index (χ2v) is 3.41. The number of hydrogen-bond donors (Lipinski definition) is 0. The molecule has 1 aromatic carbocycles. The number of nitrogens with zero attached hydrogens (tertiary/aromatic N) is 2. The third-order valence-corrected chi connectivity index (χ3v) is 2.09. The van der Waals surface area contributed by atoms with Gasteiger partial charge in [0.1, 0.15) is 0 Å². The maximum atomic E-state index is 4.33. The molecule has 0 atom stereocenters. The average Bonchev–Trinajstić information content (AvgIpc) is 2.19. The van der Waals surface area contributed by atoms with E-state index in [1.165, 1.54) is 5.56 Å². The molecule has 0 amide bonds. The first-order chi connectivity index (χ1) is 6.75. The molecular formula is C12H12N2. The summed E-state index contributed by atoms with van der Waals surface area (Å²) < 4.78 is 0. The largest absolute Gasteiger partial charge is 0.258 e. The molecule has 0 saturated heterocycles. The van der Waals surface area contributed by atoms with Crippen LogP contribution in [0.3, 0.4) is 0 Å². The number of aryl methyl sites for hydroxylation is 2. The highest BCUT2D eigenvalue weighted by Gasteiger charge is 1.98. The molecule has 2 aromatic rings. The summed E-state index contributed by atoms with van der Waals surface area (Å²) in [5, 5.41) is 0. The topological polar surface area (TPSA) is 25.8 Å². The second-order valence-electron chi connectivity index (χ2n) is 3.41. The van der Waals surface area contributed by atoms with E-state index in [1.807, 2.05) is 25.3 Å². The van der Waals surface area contributed by atoms with Gasteiger partial charge in [0.15, 0.2) is 0 Å². The van der Waals surface area contributed by atoms with Crippen LogP contribution in [-0.4, -0.2) is 9.97 Å². The number of hydrogen-bond acceptors (Lipinski definition) is 2. The summed E-state index contributed by atoms with van der Waals surface area (Å²) in [5.41, 5.74) is 4.24. The van der Waals surface area contributed by atoms with Gasteiger partial charge in [-0.3, -0.25) is 9.97 Å². The molecule has 0 N–H and O–H groups in total. The second kappa shape index (κ2) is 3.58. The molecule has 1 heterocycles. The summed E-state index contributed by atoms with van der Waals surface area (Å²) in [7, 11) is 0. The molecule has 2 heteroatoms. The van der Waals surface area contributed by atoms with E-state index >= 15 is 0 Å². The Morgan fingerprint density at radius 2 is 1.86 bits per heavy atom. The Hall–Kier alpha value is -1.70. The van der Waals surface area contributed by atoms with Gasteiger partial charge in [0.25, 0.3) is 0 Å². The van der Waals surface area contributed by atoms with E-state index in [2.05, 4.69) is 29.0 Å². The van der Waals surface area contributed by atoms with Crippen molar-refractivity contribution in [2.45, 2.75) is 13.8 Å². The maximum absolute atomic E-state index is 4.33. The summed E-state index contributed by atoms with van der Waals surface area (Å²) in [6.07, 6.45) is 3.60. The van der Waals surface area contributed by atoms with E-state index in [1.54, 1.807) is 6.20 Å². The first-order valence-electron chi connectivity index (χ1n) is 4.61. The smallest absolute Gasteiger partial charge is 0.0885 e. The van der Waals surface area contributed by atoms with Crippen LogP contribution in [0.4, 0.5) is 0 Å². The van der Waals surface area contributed by atoms with Crippen molar-refractivity contribution >= 4 is 0 Å². The van der Waals surface area contributed by atoms with E-state index in [9.17, 15) is 0 Å². The summed E-state index contributed by atoms with van der Waals surface area (Å²) in [4.78, 5) is 8.55. The molecule has 0 aliphatic heterocycles. The maximum Gasteiger partial charge on any atom is 0.0885 e. The van der Waals surface area contributed by atoms with E-state index < -0.39 is 0 Å². The lowest BCUT2D eigenvalue weighted by Crippen LogP contribution is -1.87.